The van der Waals surface area contributed by atoms with Crippen LogP contribution in [0.1, 0.15) is 71.6 Å². The third kappa shape index (κ3) is 3.39. The molecule has 0 aromatic rings. The van der Waals surface area contributed by atoms with E-state index in [1.165, 1.54) is 77.4 Å². The van der Waals surface area contributed by atoms with E-state index >= 15 is 0 Å². The van der Waals surface area contributed by atoms with Gasteiger partial charge in [-0.3, -0.25) is 4.90 Å². The largest absolute Gasteiger partial charge is 0.311 e. The first-order valence-electron chi connectivity index (χ1n) is 9.22. The van der Waals surface area contributed by atoms with Gasteiger partial charge < -0.3 is 5.32 Å². The monoisotopic (exact) mass is 278 g/mol. The van der Waals surface area contributed by atoms with E-state index in [2.05, 4.69) is 24.1 Å². The van der Waals surface area contributed by atoms with E-state index in [-0.39, 0.29) is 0 Å². The van der Waals surface area contributed by atoms with E-state index in [9.17, 15) is 0 Å². The first-order chi connectivity index (χ1) is 9.74. The van der Waals surface area contributed by atoms with Crippen LogP contribution in [0.4, 0.5) is 0 Å². The van der Waals surface area contributed by atoms with Crippen molar-refractivity contribution in [3.8, 4) is 0 Å². The summed E-state index contributed by atoms with van der Waals surface area (Å²) in [5.74, 6) is 1.98. The molecule has 2 aliphatic carbocycles. The molecule has 2 saturated carbocycles. The molecule has 0 radical (unpaired) electrons. The van der Waals surface area contributed by atoms with Crippen LogP contribution in [0.5, 0.6) is 0 Å². The molecule has 116 valence electrons. The molecule has 2 atom stereocenters. The summed E-state index contributed by atoms with van der Waals surface area (Å²) in [6, 6.07) is 0.803. The minimum atomic E-state index is 0.468. The summed E-state index contributed by atoms with van der Waals surface area (Å²) in [4.78, 5) is 2.89. The molecule has 0 spiro atoms. The summed E-state index contributed by atoms with van der Waals surface area (Å²) in [6.07, 6.45) is 13.0. The molecule has 0 amide bonds. The van der Waals surface area contributed by atoms with E-state index in [1.54, 1.807) is 0 Å². The molecule has 0 bridgehead atoms. The van der Waals surface area contributed by atoms with Gasteiger partial charge in [-0.15, -0.1) is 0 Å². The van der Waals surface area contributed by atoms with Gasteiger partial charge in [0.15, 0.2) is 0 Å². The molecule has 2 nitrogen and oxygen atoms in total. The van der Waals surface area contributed by atoms with Crippen LogP contribution in [-0.2, 0) is 0 Å². The minimum Gasteiger partial charge on any atom is -0.311 e. The normalized spacial score (nSPS) is 35.4. The number of unbranched alkanes of at least 4 members (excludes halogenated alkanes) is 4. The summed E-state index contributed by atoms with van der Waals surface area (Å²) in [5, 5.41) is 3.89. The number of piperazine rings is 1. The summed E-state index contributed by atoms with van der Waals surface area (Å²) >= 11 is 0. The Morgan fingerprint density at radius 3 is 2.45 bits per heavy atom. The quantitative estimate of drug-likeness (QED) is 0.679. The second-order valence-corrected chi connectivity index (χ2v) is 7.82. The standard InChI is InChI=1S/C18H34N2/c1-3-4-5-6-7-12-20-13-17(15-8-9-15)19-14-18(20,2)16-10-11-16/h15-17,19H,3-14H2,1-2H3. The van der Waals surface area contributed by atoms with Gasteiger partial charge in [0.1, 0.15) is 0 Å². The Hall–Kier alpha value is -0.0800. The van der Waals surface area contributed by atoms with Gasteiger partial charge >= 0.3 is 0 Å². The zero-order valence-electron chi connectivity index (χ0n) is 13.7. The van der Waals surface area contributed by atoms with Gasteiger partial charge in [-0.25, -0.2) is 0 Å². The fraction of sp³-hybridized carbons (Fsp3) is 1.00. The predicted molar refractivity (Wildman–Crippen MR) is 86.0 cm³/mol. The second-order valence-electron chi connectivity index (χ2n) is 7.82. The maximum atomic E-state index is 3.89. The molecule has 1 N–H and O–H groups in total. The van der Waals surface area contributed by atoms with Gasteiger partial charge in [0.2, 0.25) is 0 Å². The number of rotatable bonds is 8. The maximum absolute atomic E-state index is 3.89. The molecule has 0 aromatic heterocycles. The van der Waals surface area contributed by atoms with Crippen molar-refractivity contribution in [1.82, 2.24) is 10.2 Å². The van der Waals surface area contributed by atoms with Crippen molar-refractivity contribution in [2.75, 3.05) is 19.6 Å². The highest BCUT2D eigenvalue weighted by molar-refractivity contribution is 5.06. The fourth-order valence-corrected chi connectivity index (χ4v) is 4.14. The van der Waals surface area contributed by atoms with Crippen molar-refractivity contribution in [3.05, 3.63) is 0 Å². The van der Waals surface area contributed by atoms with E-state index < -0.39 is 0 Å². The Morgan fingerprint density at radius 1 is 1.05 bits per heavy atom. The number of hydrogen-bond donors (Lipinski definition) is 1. The van der Waals surface area contributed by atoms with Crippen LogP contribution in [0.25, 0.3) is 0 Å². The molecule has 0 aromatic carbocycles. The van der Waals surface area contributed by atoms with Crippen LogP contribution in [0.2, 0.25) is 0 Å². The van der Waals surface area contributed by atoms with E-state index in [0.717, 1.165) is 17.9 Å². The molecule has 3 rings (SSSR count). The number of hydrogen-bond acceptors (Lipinski definition) is 2. The van der Waals surface area contributed by atoms with Crippen LogP contribution in [-0.4, -0.2) is 36.1 Å². The third-order valence-corrected chi connectivity index (χ3v) is 6.04. The summed E-state index contributed by atoms with van der Waals surface area (Å²) in [6.45, 7) is 8.76. The van der Waals surface area contributed by atoms with Crippen LogP contribution >= 0.6 is 0 Å². The smallest absolute Gasteiger partial charge is 0.0334 e. The average Bonchev–Trinajstić information content (AvgIpc) is 3.31. The third-order valence-electron chi connectivity index (χ3n) is 6.04. The van der Waals surface area contributed by atoms with E-state index in [0.29, 0.717) is 5.54 Å². The van der Waals surface area contributed by atoms with E-state index in [1.807, 2.05) is 0 Å². The van der Waals surface area contributed by atoms with E-state index in [4.69, 9.17) is 0 Å². The lowest BCUT2D eigenvalue weighted by atomic mass is 9.88. The zero-order valence-corrected chi connectivity index (χ0v) is 13.7. The van der Waals surface area contributed by atoms with Gasteiger partial charge in [-0.1, -0.05) is 32.6 Å². The number of nitrogens with one attached hydrogen (secondary N) is 1. The SMILES string of the molecule is CCCCCCCN1CC(C2CC2)NCC1(C)C1CC1. The maximum Gasteiger partial charge on any atom is 0.0334 e. The molecule has 20 heavy (non-hydrogen) atoms. The Bertz CT molecular complexity index is 309. The zero-order chi connectivity index (χ0) is 14.0. The van der Waals surface area contributed by atoms with Crippen molar-refractivity contribution in [2.45, 2.75) is 83.2 Å². The molecule has 1 aliphatic heterocycles. The van der Waals surface area contributed by atoms with Gasteiger partial charge in [-0.05, 0) is 57.4 Å². The van der Waals surface area contributed by atoms with Gasteiger partial charge in [0.25, 0.3) is 0 Å². The summed E-state index contributed by atoms with van der Waals surface area (Å²) in [5.41, 5.74) is 0.468. The van der Waals surface area contributed by atoms with Crippen LogP contribution in [0.15, 0.2) is 0 Å². The first kappa shape index (κ1) is 14.8. The Morgan fingerprint density at radius 2 is 1.80 bits per heavy atom. The van der Waals surface area contributed by atoms with Crippen LogP contribution < -0.4 is 5.32 Å². The predicted octanol–water partition coefficient (Wildman–Crippen LogP) is 3.81. The number of nitrogens with zero attached hydrogens (tertiary/aromatic N) is 1. The minimum absolute atomic E-state index is 0.468. The molecule has 2 heteroatoms. The molecular formula is C18H34N2. The lowest BCUT2D eigenvalue weighted by Crippen LogP contribution is -2.65. The Labute approximate surface area is 125 Å². The molecule has 2 unspecified atom stereocenters. The Balaban J connectivity index is 1.51. The van der Waals surface area contributed by atoms with Crippen molar-refractivity contribution >= 4 is 0 Å². The molecule has 3 aliphatic rings. The average molecular weight is 278 g/mol. The summed E-state index contributed by atoms with van der Waals surface area (Å²) in [7, 11) is 0. The highest BCUT2D eigenvalue weighted by Crippen LogP contribution is 2.45. The van der Waals surface area contributed by atoms with Crippen LogP contribution in [0.3, 0.4) is 0 Å². The van der Waals surface area contributed by atoms with Crippen molar-refractivity contribution < 1.29 is 0 Å². The molecule has 1 saturated heterocycles. The second kappa shape index (κ2) is 6.36. The lowest BCUT2D eigenvalue weighted by molar-refractivity contribution is 0.0291. The van der Waals surface area contributed by atoms with Crippen LogP contribution in [0, 0.1) is 11.8 Å². The highest BCUT2D eigenvalue weighted by Gasteiger charge is 2.49. The van der Waals surface area contributed by atoms with Crippen molar-refractivity contribution in [3.63, 3.8) is 0 Å². The van der Waals surface area contributed by atoms with Gasteiger partial charge in [0.05, 0.1) is 0 Å². The van der Waals surface area contributed by atoms with Gasteiger partial charge in [-0.2, -0.15) is 0 Å². The molecule has 3 fully saturated rings. The lowest BCUT2D eigenvalue weighted by Gasteiger charge is -2.49. The first-order valence-corrected chi connectivity index (χ1v) is 9.22. The topological polar surface area (TPSA) is 15.3 Å². The Kier molecular flexibility index (Phi) is 4.72. The fourth-order valence-electron chi connectivity index (χ4n) is 4.14. The molecule has 1 heterocycles. The molecular weight excluding hydrogens is 244 g/mol. The van der Waals surface area contributed by atoms with Gasteiger partial charge in [0, 0.05) is 24.7 Å². The summed E-state index contributed by atoms with van der Waals surface area (Å²) < 4.78 is 0. The van der Waals surface area contributed by atoms with Crippen molar-refractivity contribution in [1.29, 1.82) is 0 Å². The highest BCUT2D eigenvalue weighted by atomic mass is 15.3. The van der Waals surface area contributed by atoms with Crippen molar-refractivity contribution in [2.24, 2.45) is 11.8 Å².